The summed E-state index contributed by atoms with van der Waals surface area (Å²) in [6.07, 6.45) is 1.66. The largest absolute Gasteiger partial charge is 0.493 e. The fourth-order valence-electron chi connectivity index (χ4n) is 4.42. The van der Waals surface area contributed by atoms with Gasteiger partial charge in [0.1, 0.15) is 10.5 Å². The zero-order valence-electron chi connectivity index (χ0n) is 22.1. The molecule has 0 unspecified atom stereocenters. The van der Waals surface area contributed by atoms with E-state index in [4.69, 9.17) is 29.4 Å². The Morgan fingerprint density at radius 2 is 1.64 bits per heavy atom. The quantitative estimate of drug-likeness (QED) is 0.418. The van der Waals surface area contributed by atoms with Gasteiger partial charge in [0.2, 0.25) is 0 Å². The maximum absolute atomic E-state index is 13.6. The Kier molecular flexibility index (Phi) is 7.97. The normalized spacial score (nSPS) is 14.9. The van der Waals surface area contributed by atoms with E-state index in [9.17, 15) is 14.9 Å². The minimum atomic E-state index is -0.902. The van der Waals surface area contributed by atoms with E-state index in [1.54, 1.807) is 49.4 Å². The van der Waals surface area contributed by atoms with Crippen molar-refractivity contribution in [3.8, 4) is 29.1 Å². The van der Waals surface area contributed by atoms with Crippen molar-refractivity contribution in [1.82, 2.24) is 4.57 Å². The van der Waals surface area contributed by atoms with Crippen molar-refractivity contribution in [1.29, 1.82) is 5.26 Å². The molecule has 1 aliphatic rings. The van der Waals surface area contributed by atoms with E-state index in [2.05, 4.69) is 6.07 Å². The highest BCUT2D eigenvalue weighted by atomic mass is 32.1. The van der Waals surface area contributed by atoms with Gasteiger partial charge in [0.15, 0.2) is 23.0 Å². The van der Waals surface area contributed by atoms with Gasteiger partial charge in [-0.05, 0) is 48.4 Å². The number of hydrogen-bond acceptors (Lipinski definition) is 10. The van der Waals surface area contributed by atoms with E-state index in [0.717, 1.165) is 11.3 Å². The maximum atomic E-state index is 13.6. The van der Waals surface area contributed by atoms with Gasteiger partial charge in [-0.15, -0.1) is 11.3 Å². The number of nitrogens with zero attached hydrogens (tertiary/aromatic N) is 2. The molecule has 0 saturated heterocycles. The molecule has 0 saturated carbocycles. The molecule has 39 heavy (non-hydrogen) atoms. The number of fused-ring (bicyclic) bond motifs is 1. The Labute approximate surface area is 228 Å². The second-order valence-corrected chi connectivity index (χ2v) is 9.29. The average molecular weight is 550 g/mol. The number of methoxy groups -OCH3 is 4. The molecule has 2 aromatic carbocycles. The van der Waals surface area contributed by atoms with Crippen molar-refractivity contribution < 1.29 is 28.5 Å². The van der Waals surface area contributed by atoms with Gasteiger partial charge in [-0.2, -0.15) is 5.26 Å². The second kappa shape index (κ2) is 11.4. The van der Waals surface area contributed by atoms with Gasteiger partial charge in [0.05, 0.1) is 62.7 Å². The minimum absolute atomic E-state index is 0.00862. The number of nitriles is 1. The summed E-state index contributed by atoms with van der Waals surface area (Å²) in [7, 11) is 6.05. The zero-order valence-corrected chi connectivity index (χ0v) is 22.9. The third-order valence-corrected chi connectivity index (χ3v) is 7.32. The molecule has 2 N–H and O–H groups in total. The molecule has 1 aliphatic heterocycles. The Morgan fingerprint density at radius 1 is 1.03 bits per heavy atom. The number of nitrogens with two attached hydrogens (primary N) is 1. The average Bonchev–Trinajstić information content (AvgIpc) is 3.27. The lowest BCUT2D eigenvalue weighted by atomic mass is 9.83. The number of aromatic nitrogens is 1. The first-order valence-corrected chi connectivity index (χ1v) is 12.6. The Morgan fingerprint density at radius 3 is 2.23 bits per heavy atom. The van der Waals surface area contributed by atoms with Crippen LogP contribution >= 0.6 is 11.3 Å². The molecule has 0 spiro atoms. The van der Waals surface area contributed by atoms with Crippen LogP contribution < -0.4 is 39.4 Å². The summed E-state index contributed by atoms with van der Waals surface area (Å²) < 4.78 is 28.6. The maximum Gasteiger partial charge on any atom is 0.338 e. The highest BCUT2D eigenvalue weighted by Gasteiger charge is 2.37. The summed E-state index contributed by atoms with van der Waals surface area (Å²) in [5.41, 5.74) is 7.42. The third-order valence-electron chi connectivity index (χ3n) is 6.21. The van der Waals surface area contributed by atoms with Crippen LogP contribution in [0.5, 0.6) is 23.0 Å². The number of carbonyl (C=O) groups excluding carboxylic acids is 1. The molecular weight excluding hydrogens is 522 g/mol. The van der Waals surface area contributed by atoms with Crippen LogP contribution in [0.25, 0.3) is 17.5 Å². The molecule has 1 aromatic heterocycles. The summed E-state index contributed by atoms with van der Waals surface area (Å²) >= 11 is 1.10. The smallest absolute Gasteiger partial charge is 0.338 e. The van der Waals surface area contributed by atoms with Crippen LogP contribution in [-0.2, 0) is 9.53 Å². The van der Waals surface area contributed by atoms with E-state index in [0.29, 0.717) is 43.3 Å². The van der Waals surface area contributed by atoms with Crippen LogP contribution in [-0.4, -0.2) is 45.6 Å². The lowest BCUT2D eigenvalue weighted by Crippen LogP contribution is -2.40. The molecule has 0 aliphatic carbocycles. The minimum Gasteiger partial charge on any atom is -0.493 e. The van der Waals surface area contributed by atoms with Gasteiger partial charge in [0, 0.05) is 0 Å². The lowest BCUT2D eigenvalue weighted by molar-refractivity contribution is -0.138. The van der Waals surface area contributed by atoms with Gasteiger partial charge < -0.3 is 29.4 Å². The topological polar surface area (TPSA) is 135 Å². The SMILES string of the molecule is CCOC(=O)C1=C(N)n2c(s/c(=C\c3ccc(OC)c(OC)c3)c2=O)=C(C#N)[C@@H]1c1ccc(OC)c(OC)c1. The molecule has 4 rings (SSSR count). The molecule has 3 aromatic rings. The molecule has 11 heteroatoms. The molecule has 2 heterocycles. The molecule has 0 fully saturated rings. The van der Waals surface area contributed by atoms with E-state index < -0.39 is 17.4 Å². The molecule has 202 valence electrons. The highest BCUT2D eigenvalue weighted by molar-refractivity contribution is 7.07. The predicted molar refractivity (Wildman–Crippen MR) is 146 cm³/mol. The fraction of sp³-hybridized carbons (Fsp3) is 0.250. The van der Waals surface area contributed by atoms with Crippen LogP contribution in [0.15, 0.2) is 46.8 Å². The number of rotatable bonds is 8. The third kappa shape index (κ3) is 4.82. The number of thiazole rings is 1. The monoisotopic (exact) mass is 549 g/mol. The van der Waals surface area contributed by atoms with E-state index in [1.807, 2.05) is 0 Å². The molecule has 10 nitrogen and oxygen atoms in total. The first kappa shape index (κ1) is 27.3. The van der Waals surface area contributed by atoms with Crippen molar-refractivity contribution in [3.63, 3.8) is 0 Å². The number of ether oxygens (including phenoxy) is 5. The van der Waals surface area contributed by atoms with Crippen LogP contribution in [0.1, 0.15) is 24.0 Å². The molecule has 0 bridgehead atoms. The number of hydrogen-bond donors (Lipinski definition) is 1. The zero-order chi connectivity index (χ0) is 28.3. The van der Waals surface area contributed by atoms with Gasteiger partial charge in [0.25, 0.3) is 5.56 Å². The first-order valence-electron chi connectivity index (χ1n) is 11.8. The molecule has 0 radical (unpaired) electrons. The number of carbonyl (C=O) groups is 1. The summed E-state index contributed by atoms with van der Waals surface area (Å²) in [4.78, 5) is 26.8. The standard InChI is InChI=1S/C28H27N3O7S/c1-6-38-28(33)24-23(16-8-10-19(35-3)21(13-16)37-5)17(14-29)27-31(25(24)30)26(32)22(39-27)12-15-7-9-18(34-2)20(11-15)36-4/h7-13,23H,6,30H2,1-5H3/b22-12-/t23-/m0/s1. The lowest BCUT2D eigenvalue weighted by Gasteiger charge is -2.25. The van der Waals surface area contributed by atoms with E-state index in [-0.39, 0.29) is 23.6 Å². The van der Waals surface area contributed by atoms with Crippen LogP contribution in [0.2, 0.25) is 0 Å². The first-order chi connectivity index (χ1) is 18.8. The van der Waals surface area contributed by atoms with Gasteiger partial charge in [-0.25, -0.2) is 4.79 Å². The van der Waals surface area contributed by atoms with Gasteiger partial charge in [-0.3, -0.25) is 9.36 Å². The van der Waals surface area contributed by atoms with E-state index >= 15 is 0 Å². The summed E-state index contributed by atoms with van der Waals surface area (Å²) in [5.74, 6) is 0.194. The molecule has 1 atom stereocenters. The van der Waals surface area contributed by atoms with Crippen molar-refractivity contribution in [2.45, 2.75) is 12.8 Å². The summed E-state index contributed by atoms with van der Waals surface area (Å²) in [5, 5.41) is 10.3. The van der Waals surface area contributed by atoms with Crippen molar-refractivity contribution in [2.75, 3.05) is 35.0 Å². The van der Waals surface area contributed by atoms with E-state index in [1.165, 1.54) is 33.0 Å². The van der Waals surface area contributed by atoms with Crippen LogP contribution in [0.3, 0.4) is 0 Å². The predicted octanol–water partition coefficient (Wildman–Crippen LogP) is 1.94. The highest BCUT2D eigenvalue weighted by Crippen LogP contribution is 2.40. The summed E-state index contributed by atoms with van der Waals surface area (Å²) in [6.45, 7) is 1.75. The number of esters is 1. The Balaban J connectivity index is 2.03. The Bertz CT molecular complexity index is 1700. The van der Waals surface area contributed by atoms with Crippen molar-refractivity contribution >= 4 is 34.8 Å². The van der Waals surface area contributed by atoms with Crippen LogP contribution in [0, 0.1) is 11.3 Å². The second-order valence-electron chi connectivity index (χ2n) is 8.26. The fourth-order valence-corrected chi connectivity index (χ4v) is 5.55. The Hall–Kier alpha value is -4.69. The van der Waals surface area contributed by atoms with Crippen molar-refractivity contribution in [3.05, 3.63) is 72.6 Å². The number of benzene rings is 2. The van der Waals surface area contributed by atoms with Gasteiger partial charge >= 0.3 is 5.97 Å². The van der Waals surface area contributed by atoms with Crippen molar-refractivity contribution in [2.24, 2.45) is 5.73 Å². The van der Waals surface area contributed by atoms with Crippen LogP contribution in [0.4, 0.5) is 0 Å². The molecular formula is C28H27N3O7S. The molecule has 0 amide bonds. The summed E-state index contributed by atoms with van der Waals surface area (Å²) in [6, 6.07) is 12.5. The van der Waals surface area contributed by atoms with Gasteiger partial charge in [-0.1, -0.05) is 12.1 Å².